The predicted molar refractivity (Wildman–Crippen MR) is 119 cm³/mol. The number of hydrogen-bond acceptors (Lipinski definition) is 6. The lowest BCUT2D eigenvalue weighted by molar-refractivity contribution is -0.137. The van der Waals surface area contributed by atoms with Crippen LogP contribution in [0.5, 0.6) is 0 Å². The van der Waals surface area contributed by atoms with E-state index >= 15 is 0 Å². The van der Waals surface area contributed by atoms with Crippen molar-refractivity contribution in [3.63, 3.8) is 0 Å². The Kier molecular flexibility index (Phi) is 8.20. The number of carbonyl (C=O) groups is 1. The number of nitrogens with two attached hydrogens (primary N) is 2. The van der Waals surface area contributed by atoms with Gasteiger partial charge in [0.1, 0.15) is 5.70 Å². The first-order chi connectivity index (χ1) is 15.1. The summed E-state index contributed by atoms with van der Waals surface area (Å²) in [5.74, 6) is 5.72. The molecule has 0 fully saturated rings. The Morgan fingerprint density at radius 3 is 2.38 bits per heavy atom. The molecule has 6 nitrogen and oxygen atoms in total. The lowest BCUT2D eigenvalue weighted by Crippen LogP contribution is -2.30. The molecule has 0 aliphatic carbocycles. The van der Waals surface area contributed by atoms with Gasteiger partial charge in [0.05, 0.1) is 18.4 Å². The number of Topliss-reactive ketones (excluding diaryl/α,β-unsaturated/α-hetero) is 1. The van der Waals surface area contributed by atoms with Gasteiger partial charge in [-0.3, -0.25) is 4.79 Å². The maximum absolute atomic E-state index is 12.7. The molecule has 4 N–H and O–H groups in total. The van der Waals surface area contributed by atoms with Gasteiger partial charge >= 0.3 is 6.18 Å². The Balaban J connectivity index is 2.35. The van der Waals surface area contributed by atoms with E-state index in [-0.39, 0.29) is 11.5 Å². The van der Waals surface area contributed by atoms with Gasteiger partial charge in [0, 0.05) is 31.3 Å². The Morgan fingerprint density at radius 1 is 1.19 bits per heavy atom. The maximum Gasteiger partial charge on any atom is 0.416 e. The summed E-state index contributed by atoms with van der Waals surface area (Å²) >= 11 is 0. The summed E-state index contributed by atoms with van der Waals surface area (Å²) in [5.41, 5.74) is 7.18. The second kappa shape index (κ2) is 10.6. The lowest BCUT2D eigenvalue weighted by Gasteiger charge is -2.15. The van der Waals surface area contributed by atoms with E-state index in [9.17, 15) is 18.0 Å². The van der Waals surface area contributed by atoms with Crippen LogP contribution in [0.3, 0.4) is 0 Å². The zero-order valence-corrected chi connectivity index (χ0v) is 18.0. The van der Waals surface area contributed by atoms with E-state index < -0.39 is 11.7 Å². The summed E-state index contributed by atoms with van der Waals surface area (Å²) in [6.45, 7) is 1.69. The minimum absolute atomic E-state index is 0.119. The smallest absolute Gasteiger partial charge is 0.416 e. The fourth-order valence-corrected chi connectivity index (χ4v) is 2.80. The van der Waals surface area contributed by atoms with Gasteiger partial charge in [0.2, 0.25) is 5.78 Å². The molecule has 2 aromatic carbocycles. The van der Waals surface area contributed by atoms with Crippen molar-refractivity contribution < 1.29 is 22.7 Å². The van der Waals surface area contributed by atoms with Gasteiger partial charge < -0.3 is 15.5 Å². The molecule has 0 aromatic heterocycles. The number of ether oxygens (including phenoxy) is 1. The van der Waals surface area contributed by atoms with Crippen LogP contribution in [0.25, 0.3) is 6.08 Å². The Bertz CT molecular complexity index is 1040. The zero-order chi connectivity index (χ0) is 23.9. The molecule has 9 heteroatoms. The maximum atomic E-state index is 12.7. The number of allylic oxidation sites excluding steroid dienone is 2. The number of carbonyl (C=O) groups excluding carboxylic acids is 1. The minimum Gasteiger partial charge on any atom is -0.484 e. The second-order valence-electron chi connectivity index (χ2n) is 6.90. The van der Waals surface area contributed by atoms with Crippen LogP contribution in [0.1, 0.15) is 34.0 Å². The van der Waals surface area contributed by atoms with Crippen LogP contribution in [0.2, 0.25) is 0 Å². The number of likely N-dealkylation sites (N-methyl/N-ethyl adjacent to an activating group) is 1. The second-order valence-corrected chi connectivity index (χ2v) is 6.90. The van der Waals surface area contributed by atoms with E-state index in [4.69, 9.17) is 16.3 Å². The highest BCUT2D eigenvalue weighted by Crippen LogP contribution is 2.29. The molecule has 0 saturated heterocycles. The monoisotopic (exact) mass is 446 g/mol. The first-order valence-electron chi connectivity index (χ1n) is 9.57. The zero-order valence-electron chi connectivity index (χ0n) is 18.0. The van der Waals surface area contributed by atoms with E-state index in [1.807, 2.05) is 0 Å². The number of aliphatic imine (C=N–C) groups is 1. The van der Waals surface area contributed by atoms with Crippen LogP contribution in [0.4, 0.5) is 18.9 Å². The standard InChI is InChI=1S/C23H25F3N4O2/c1-15(32-3)29-20-12-9-18(22(31)21(14-27)30(2)28)13-17(20)6-4-5-16-7-10-19(11-8-16)23(24,25)26/h4,6-14H,5,27-28H2,1-3H3/b6-4+,21-14-,29-15?. The number of halogens is 3. The normalized spacial score (nSPS) is 12.8. The number of ketones is 1. The highest BCUT2D eigenvalue weighted by Gasteiger charge is 2.29. The van der Waals surface area contributed by atoms with Crippen molar-refractivity contribution in [2.24, 2.45) is 16.6 Å². The van der Waals surface area contributed by atoms with E-state index in [2.05, 4.69) is 4.99 Å². The highest BCUT2D eigenvalue weighted by molar-refractivity contribution is 6.08. The van der Waals surface area contributed by atoms with Crippen LogP contribution in [-0.4, -0.2) is 30.8 Å². The Hall–Kier alpha value is -3.59. The van der Waals surface area contributed by atoms with Gasteiger partial charge in [-0.1, -0.05) is 24.3 Å². The quantitative estimate of drug-likeness (QED) is 0.164. The number of methoxy groups -OCH3 is 1. The van der Waals surface area contributed by atoms with Crippen LogP contribution in [-0.2, 0) is 17.3 Å². The summed E-state index contributed by atoms with van der Waals surface area (Å²) in [6.07, 6.45) is 0.671. The molecule has 0 radical (unpaired) electrons. The summed E-state index contributed by atoms with van der Waals surface area (Å²) in [4.78, 5) is 17.1. The molecule has 0 bridgehead atoms. The van der Waals surface area contributed by atoms with Gasteiger partial charge in [-0.15, -0.1) is 0 Å². The first-order valence-corrected chi connectivity index (χ1v) is 9.57. The molecule has 0 aliphatic rings. The summed E-state index contributed by atoms with van der Waals surface area (Å²) in [6, 6.07) is 9.85. The number of hydrazine groups is 1. The Labute approximate surface area is 184 Å². The van der Waals surface area contributed by atoms with E-state index in [1.165, 1.54) is 26.3 Å². The Morgan fingerprint density at radius 2 is 1.84 bits per heavy atom. The summed E-state index contributed by atoms with van der Waals surface area (Å²) < 4.78 is 43.3. The van der Waals surface area contributed by atoms with Crippen LogP contribution < -0.4 is 11.6 Å². The molecule has 0 atom stereocenters. The molecule has 0 saturated carbocycles. The van der Waals surface area contributed by atoms with Gasteiger partial charge in [-0.25, -0.2) is 10.8 Å². The van der Waals surface area contributed by atoms with Crippen molar-refractivity contribution in [2.45, 2.75) is 19.5 Å². The fourth-order valence-electron chi connectivity index (χ4n) is 2.80. The third-order valence-electron chi connectivity index (χ3n) is 4.57. The van der Waals surface area contributed by atoms with E-state index in [0.29, 0.717) is 34.7 Å². The predicted octanol–water partition coefficient (Wildman–Crippen LogP) is 4.45. The number of nitrogens with zero attached hydrogens (tertiary/aromatic N) is 2. The van der Waals surface area contributed by atoms with Crippen molar-refractivity contribution in [3.8, 4) is 0 Å². The number of rotatable bonds is 7. The van der Waals surface area contributed by atoms with Gasteiger partial charge in [-0.2, -0.15) is 13.2 Å². The molecule has 2 aromatic rings. The van der Waals surface area contributed by atoms with Gasteiger partial charge in [-0.05, 0) is 42.3 Å². The summed E-state index contributed by atoms with van der Waals surface area (Å²) in [7, 11) is 2.99. The molecular weight excluding hydrogens is 421 g/mol. The first kappa shape index (κ1) is 24.7. The fraction of sp³-hybridized carbons (Fsp3) is 0.217. The van der Waals surface area contributed by atoms with Gasteiger partial charge in [0.15, 0.2) is 5.90 Å². The molecule has 170 valence electrons. The van der Waals surface area contributed by atoms with E-state index in [1.54, 1.807) is 37.3 Å². The molecular formula is C23H25F3N4O2. The van der Waals surface area contributed by atoms with E-state index in [0.717, 1.165) is 23.3 Å². The molecule has 0 unspecified atom stereocenters. The van der Waals surface area contributed by atoms with Crippen LogP contribution in [0, 0.1) is 0 Å². The van der Waals surface area contributed by atoms with Crippen molar-refractivity contribution in [1.29, 1.82) is 0 Å². The molecule has 32 heavy (non-hydrogen) atoms. The number of benzene rings is 2. The molecule has 0 amide bonds. The third-order valence-corrected chi connectivity index (χ3v) is 4.57. The lowest BCUT2D eigenvalue weighted by atomic mass is 10.0. The topological polar surface area (TPSA) is 93.9 Å². The average Bonchev–Trinajstić information content (AvgIpc) is 2.74. The summed E-state index contributed by atoms with van der Waals surface area (Å²) in [5, 5.41) is 1.13. The molecule has 0 spiro atoms. The van der Waals surface area contributed by atoms with Gasteiger partial charge in [0.25, 0.3) is 0 Å². The van der Waals surface area contributed by atoms with Crippen molar-refractivity contribution in [1.82, 2.24) is 5.01 Å². The third kappa shape index (κ3) is 6.45. The molecule has 0 aliphatic heterocycles. The van der Waals surface area contributed by atoms with Crippen LogP contribution >= 0.6 is 0 Å². The van der Waals surface area contributed by atoms with Crippen molar-refractivity contribution >= 4 is 23.4 Å². The minimum atomic E-state index is -4.37. The number of alkyl halides is 3. The highest BCUT2D eigenvalue weighted by atomic mass is 19.4. The van der Waals surface area contributed by atoms with Crippen molar-refractivity contribution in [2.75, 3.05) is 14.2 Å². The van der Waals surface area contributed by atoms with Crippen LogP contribution in [0.15, 0.2) is 65.4 Å². The largest absolute Gasteiger partial charge is 0.484 e. The SMILES string of the molecule is COC(C)=Nc1ccc(C(=O)/C(=C/N)N(C)N)cc1/C=C/Cc1ccc(C(F)(F)F)cc1. The number of hydrogen-bond donors (Lipinski definition) is 2. The molecule has 2 rings (SSSR count). The van der Waals surface area contributed by atoms with Crippen molar-refractivity contribution in [3.05, 3.63) is 82.7 Å². The average molecular weight is 446 g/mol. The molecule has 0 heterocycles.